The minimum absolute atomic E-state index is 0.679. The zero-order chi connectivity index (χ0) is 13.9. The molecule has 0 unspecified atom stereocenters. The normalized spacial score (nSPS) is 14.4. The van der Waals surface area contributed by atoms with Crippen LogP contribution in [0.5, 0.6) is 0 Å². The summed E-state index contributed by atoms with van der Waals surface area (Å²) in [7, 11) is 0. The lowest BCUT2D eigenvalue weighted by atomic mass is 9.99. The zero-order valence-corrected chi connectivity index (χ0v) is 12.7. The Morgan fingerprint density at radius 1 is 1.40 bits per heavy atom. The van der Waals surface area contributed by atoms with Crippen LogP contribution in [0.25, 0.3) is 0 Å². The summed E-state index contributed by atoms with van der Waals surface area (Å²) >= 11 is 1.73. The summed E-state index contributed by atoms with van der Waals surface area (Å²) in [6, 6.07) is 6.79. The number of thiazole rings is 1. The molecule has 1 aliphatic heterocycles. The summed E-state index contributed by atoms with van der Waals surface area (Å²) in [5.41, 5.74) is 11.0. The standard InChI is InChI=1S/C16H21N3S/c1-12-4-5-15-13(9-12)3-2-8-19(15)10-14-11-20-16(18-14)6-7-17/h4-5,9,11H,2-3,6-8,10,17H2,1H3. The van der Waals surface area contributed by atoms with E-state index in [9.17, 15) is 0 Å². The highest BCUT2D eigenvalue weighted by molar-refractivity contribution is 7.09. The van der Waals surface area contributed by atoms with Gasteiger partial charge < -0.3 is 10.6 Å². The third kappa shape index (κ3) is 2.86. The van der Waals surface area contributed by atoms with Crippen molar-refractivity contribution in [3.8, 4) is 0 Å². The molecule has 1 aromatic heterocycles. The van der Waals surface area contributed by atoms with Crippen LogP contribution in [0.15, 0.2) is 23.6 Å². The topological polar surface area (TPSA) is 42.1 Å². The summed E-state index contributed by atoms with van der Waals surface area (Å²) in [6.07, 6.45) is 3.32. The molecule has 0 spiro atoms. The van der Waals surface area contributed by atoms with Gasteiger partial charge in [0.05, 0.1) is 17.2 Å². The molecule has 0 aliphatic carbocycles. The van der Waals surface area contributed by atoms with Crippen LogP contribution in [0.3, 0.4) is 0 Å². The van der Waals surface area contributed by atoms with Crippen molar-refractivity contribution in [3.63, 3.8) is 0 Å². The first-order chi connectivity index (χ1) is 9.76. The molecule has 106 valence electrons. The van der Waals surface area contributed by atoms with Crippen LogP contribution in [-0.2, 0) is 19.4 Å². The lowest BCUT2D eigenvalue weighted by Gasteiger charge is -2.31. The largest absolute Gasteiger partial charge is 0.365 e. The number of aromatic nitrogens is 1. The van der Waals surface area contributed by atoms with E-state index in [1.807, 2.05) is 0 Å². The van der Waals surface area contributed by atoms with Crippen LogP contribution in [-0.4, -0.2) is 18.1 Å². The van der Waals surface area contributed by atoms with Crippen molar-refractivity contribution in [2.24, 2.45) is 5.73 Å². The Hall–Kier alpha value is -1.39. The molecule has 0 amide bonds. The van der Waals surface area contributed by atoms with Gasteiger partial charge in [-0.05, 0) is 37.9 Å². The van der Waals surface area contributed by atoms with Gasteiger partial charge in [-0.1, -0.05) is 17.7 Å². The van der Waals surface area contributed by atoms with Crippen molar-refractivity contribution in [2.45, 2.75) is 32.7 Å². The van der Waals surface area contributed by atoms with E-state index in [0.717, 1.165) is 24.5 Å². The smallest absolute Gasteiger partial charge is 0.0941 e. The summed E-state index contributed by atoms with van der Waals surface area (Å²) < 4.78 is 0. The second-order valence-electron chi connectivity index (χ2n) is 5.43. The van der Waals surface area contributed by atoms with Gasteiger partial charge in [-0.25, -0.2) is 4.98 Å². The Morgan fingerprint density at radius 3 is 3.15 bits per heavy atom. The predicted octanol–water partition coefficient (Wildman–Crippen LogP) is 2.91. The fourth-order valence-electron chi connectivity index (χ4n) is 2.82. The minimum Gasteiger partial charge on any atom is -0.365 e. The molecule has 2 aromatic rings. The first-order valence-electron chi connectivity index (χ1n) is 7.24. The third-order valence-electron chi connectivity index (χ3n) is 3.76. The van der Waals surface area contributed by atoms with Gasteiger partial charge in [-0.2, -0.15) is 0 Å². The molecule has 0 saturated carbocycles. The maximum absolute atomic E-state index is 5.59. The SMILES string of the molecule is Cc1ccc2c(c1)CCCN2Cc1csc(CCN)n1. The van der Waals surface area contributed by atoms with E-state index >= 15 is 0 Å². The van der Waals surface area contributed by atoms with Gasteiger partial charge in [0.15, 0.2) is 0 Å². The van der Waals surface area contributed by atoms with Crippen LogP contribution in [0.1, 0.15) is 28.2 Å². The Morgan fingerprint density at radius 2 is 2.30 bits per heavy atom. The fourth-order valence-corrected chi connectivity index (χ4v) is 3.63. The highest BCUT2D eigenvalue weighted by atomic mass is 32.1. The fraction of sp³-hybridized carbons (Fsp3) is 0.438. The Balaban J connectivity index is 1.78. The molecule has 0 saturated heterocycles. The van der Waals surface area contributed by atoms with E-state index in [-0.39, 0.29) is 0 Å². The van der Waals surface area contributed by atoms with Crippen molar-refractivity contribution in [1.82, 2.24) is 4.98 Å². The second kappa shape index (κ2) is 5.94. The first-order valence-corrected chi connectivity index (χ1v) is 8.12. The van der Waals surface area contributed by atoms with Crippen LogP contribution >= 0.6 is 11.3 Å². The van der Waals surface area contributed by atoms with Crippen LogP contribution in [0.4, 0.5) is 5.69 Å². The number of nitrogens with two attached hydrogens (primary N) is 1. The summed E-state index contributed by atoms with van der Waals surface area (Å²) in [4.78, 5) is 7.14. The lowest BCUT2D eigenvalue weighted by molar-refractivity contribution is 0.684. The summed E-state index contributed by atoms with van der Waals surface area (Å²) in [6.45, 7) is 4.88. The molecule has 2 heterocycles. The first kappa shape index (κ1) is 13.6. The van der Waals surface area contributed by atoms with E-state index in [1.54, 1.807) is 11.3 Å². The Kier molecular flexibility index (Phi) is 4.03. The van der Waals surface area contributed by atoms with E-state index in [4.69, 9.17) is 5.73 Å². The molecule has 0 fully saturated rings. The minimum atomic E-state index is 0.679. The molecular formula is C16H21N3S. The van der Waals surface area contributed by atoms with Crippen LogP contribution < -0.4 is 10.6 Å². The number of rotatable bonds is 4. The van der Waals surface area contributed by atoms with Gasteiger partial charge in [0, 0.05) is 24.0 Å². The lowest BCUT2D eigenvalue weighted by Crippen LogP contribution is -2.29. The Labute approximate surface area is 124 Å². The van der Waals surface area contributed by atoms with Crippen molar-refractivity contribution in [3.05, 3.63) is 45.4 Å². The molecule has 20 heavy (non-hydrogen) atoms. The molecule has 0 radical (unpaired) electrons. The molecule has 2 N–H and O–H groups in total. The van der Waals surface area contributed by atoms with Gasteiger partial charge in [0.2, 0.25) is 0 Å². The van der Waals surface area contributed by atoms with Crippen molar-refractivity contribution in [2.75, 3.05) is 18.0 Å². The number of aryl methyl sites for hydroxylation is 2. The number of nitrogens with zero attached hydrogens (tertiary/aromatic N) is 2. The average molecular weight is 287 g/mol. The molecule has 3 rings (SSSR count). The molecule has 1 aliphatic rings. The Bertz CT molecular complexity index is 591. The van der Waals surface area contributed by atoms with Gasteiger partial charge in [0.25, 0.3) is 0 Å². The van der Waals surface area contributed by atoms with Crippen LogP contribution in [0, 0.1) is 6.92 Å². The predicted molar refractivity (Wildman–Crippen MR) is 85.4 cm³/mol. The summed E-state index contributed by atoms with van der Waals surface area (Å²) in [5.74, 6) is 0. The highest BCUT2D eigenvalue weighted by Crippen LogP contribution is 2.29. The number of fused-ring (bicyclic) bond motifs is 1. The zero-order valence-electron chi connectivity index (χ0n) is 11.9. The average Bonchev–Trinajstić information content (AvgIpc) is 2.86. The number of benzene rings is 1. The van der Waals surface area contributed by atoms with E-state index in [2.05, 4.69) is 40.4 Å². The monoisotopic (exact) mass is 287 g/mol. The van der Waals surface area contributed by atoms with E-state index < -0.39 is 0 Å². The highest BCUT2D eigenvalue weighted by Gasteiger charge is 2.17. The summed E-state index contributed by atoms with van der Waals surface area (Å²) in [5, 5.41) is 3.33. The molecule has 4 heteroatoms. The molecular weight excluding hydrogens is 266 g/mol. The van der Waals surface area contributed by atoms with E-state index in [0.29, 0.717) is 6.54 Å². The van der Waals surface area contributed by atoms with Gasteiger partial charge in [-0.3, -0.25) is 0 Å². The quantitative estimate of drug-likeness (QED) is 0.940. The molecule has 0 atom stereocenters. The second-order valence-corrected chi connectivity index (χ2v) is 6.37. The van der Waals surface area contributed by atoms with Crippen LogP contribution in [0.2, 0.25) is 0 Å². The van der Waals surface area contributed by atoms with Crippen molar-refractivity contribution < 1.29 is 0 Å². The molecule has 1 aromatic carbocycles. The van der Waals surface area contributed by atoms with Gasteiger partial charge >= 0.3 is 0 Å². The number of anilines is 1. The molecule has 0 bridgehead atoms. The number of hydrogen-bond acceptors (Lipinski definition) is 4. The van der Waals surface area contributed by atoms with Gasteiger partial charge in [-0.15, -0.1) is 11.3 Å². The molecule has 3 nitrogen and oxygen atoms in total. The van der Waals surface area contributed by atoms with E-state index in [1.165, 1.54) is 35.3 Å². The maximum Gasteiger partial charge on any atom is 0.0941 e. The van der Waals surface area contributed by atoms with Crippen molar-refractivity contribution in [1.29, 1.82) is 0 Å². The maximum atomic E-state index is 5.59. The number of hydrogen-bond donors (Lipinski definition) is 1. The third-order valence-corrected chi connectivity index (χ3v) is 4.72. The van der Waals surface area contributed by atoms with Crippen molar-refractivity contribution >= 4 is 17.0 Å². The van der Waals surface area contributed by atoms with Gasteiger partial charge in [0.1, 0.15) is 0 Å².